The molecule has 0 bridgehead atoms. The van der Waals surface area contributed by atoms with E-state index in [0.717, 1.165) is 17.0 Å². The highest BCUT2D eigenvalue weighted by molar-refractivity contribution is 6.31. The van der Waals surface area contributed by atoms with Crippen molar-refractivity contribution in [2.24, 2.45) is 0 Å². The SMILES string of the molecule is CC1=C(C(=O)Nc2ccccc2)C(c2ccc(F)cc2)c2c3n(c4ccc(Cl)cc4c2=O)CCN13. The number of anilines is 2. The Bertz CT molecular complexity index is 1590. The molecule has 5 nitrogen and oxygen atoms in total. The van der Waals surface area contributed by atoms with E-state index in [4.69, 9.17) is 11.6 Å². The van der Waals surface area contributed by atoms with Gasteiger partial charge in [0, 0.05) is 46.4 Å². The number of allylic oxidation sites excluding steroid dienone is 1. The summed E-state index contributed by atoms with van der Waals surface area (Å²) in [5, 5.41) is 3.96. The van der Waals surface area contributed by atoms with Gasteiger partial charge in [0.05, 0.1) is 11.1 Å². The van der Waals surface area contributed by atoms with Crippen LogP contribution in [0.25, 0.3) is 10.9 Å². The smallest absolute Gasteiger partial charge is 0.254 e. The number of fused-ring (bicyclic) bond motifs is 2. The number of carbonyl (C=O) groups is 1. The molecule has 4 aromatic rings. The Labute approximate surface area is 206 Å². The molecule has 2 aliphatic rings. The van der Waals surface area contributed by atoms with Gasteiger partial charge in [-0.05, 0) is 55.0 Å². The van der Waals surface area contributed by atoms with Gasteiger partial charge in [0.25, 0.3) is 5.91 Å². The summed E-state index contributed by atoms with van der Waals surface area (Å²) in [6.07, 6.45) is 0. The number of aromatic nitrogens is 1. The largest absolute Gasteiger partial charge is 0.329 e. The monoisotopic (exact) mass is 485 g/mol. The third-order valence-electron chi connectivity index (χ3n) is 6.89. The van der Waals surface area contributed by atoms with Gasteiger partial charge in [-0.25, -0.2) is 4.39 Å². The maximum atomic E-state index is 14.0. The minimum Gasteiger partial charge on any atom is -0.329 e. The number of nitrogens with zero attached hydrogens (tertiary/aromatic N) is 2. The highest BCUT2D eigenvalue weighted by Crippen LogP contribution is 2.46. The normalized spacial score (nSPS) is 16.5. The van der Waals surface area contributed by atoms with Crippen LogP contribution in [0.15, 0.2) is 88.9 Å². The third-order valence-corrected chi connectivity index (χ3v) is 7.12. The van der Waals surface area contributed by atoms with Gasteiger partial charge >= 0.3 is 0 Å². The number of nitrogens with one attached hydrogen (secondary N) is 1. The fraction of sp³-hybridized carbons (Fsp3) is 0.143. The van der Waals surface area contributed by atoms with Crippen molar-refractivity contribution in [1.82, 2.24) is 4.57 Å². The van der Waals surface area contributed by atoms with E-state index < -0.39 is 5.92 Å². The Balaban J connectivity index is 1.63. The molecule has 7 heteroatoms. The van der Waals surface area contributed by atoms with Gasteiger partial charge in [-0.1, -0.05) is 41.9 Å². The van der Waals surface area contributed by atoms with Crippen molar-refractivity contribution in [2.75, 3.05) is 16.8 Å². The average molecular weight is 486 g/mol. The van der Waals surface area contributed by atoms with Gasteiger partial charge in [-0.3, -0.25) is 9.59 Å². The lowest BCUT2D eigenvalue weighted by Crippen LogP contribution is -2.36. The third kappa shape index (κ3) is 3.36. The molecular weight excluding hydrogens is 465 g/mol. The molecule has 0 saturated heterocycles. The second-order valence-electron chi connectivity index (χ2n) is 8.83. The number of rotatable bonds is 3. The molecule has 0 fully saturated rings. The van der Waals surface area contributed by atoms with Gasteiger partial charge < -0.3 is 14.8 Å². The second-order valence-corrected chi connectivity index (χ2v) is 9.27. The molecule has 1 aromatic heterocycles. The highest BCUT2D eigenvalue weighted by Gasteiger charge is 2.41. The van der Waals surface area contributed by atoms with Crippen LogP contribution in [0.1, 0.15) is 24.0 Å². The molecule has 35 heavy (non-hydrogen) atoms. The van der Waals surface area contributed by atoms with Crippen molar-refractivity contribution in [3.63, 3.8) is 0 Å². The van der Waals surface area contributed by atoms with Crippen LogP contribution < -0.4 is 15.6 Å². The lowest BCUT2D eigenvalue weighted by atomic mass is 9.80. The molecule has 1 unspecified atom stereocenters. The number of benzene rings is 3. The topological polar surface area (TPSA) is 54.3 Å². The molecular formula is C28H21ClFN3O2. The summed E-state index contributed by atoms with van der Waals surface area (Å²) >= 11 is 6.27. The molecule has 174 valence electrons. The first-order valence-electron chi connectivity index (χ1n) is 11.4. The molecule has 2 aliphatic heterocycles. The van der Waals surface area contributed by atoms with E-state index in [9.17, 15) is 14.0 Å². The predicted molar refractivity (Wildman–Crippen MR) is 137 cm³/mol. The van der Waals surface area contributed by atoms with Crippen LogP contribution in [0.4, 0.5) is 15.9 Å². The zero-order valence-electron chi connectivity index (χ0n) is 18.9. The molecule has 6 rings (SSSR count). The van der Waals surface area contributed by atoms with Gasteiger partial charge in [0.2, 0.25) is 0 Å². The number of amides is 1. The molecule has 1 N–H and O–H groups in total. The Kier molecular flexibility index (Phi) is 5.00. The number of hydrogen-bond donors (Lipinski definition) is 1. The van der Waals surface area contributed by atoms with E-state index in [-0.39, 0.29) is 17.2 Å². The van der Waals surface area contributed by atoms with Gasteiger partial charge in [-0.2, -0.15) is 0 Å². The highest BCUT2D eigenvalue weighted by atomic mass is 35.5. The summed E-state index contributed by atoms with van der Waals surface area (Å²) < 4.78 is 16.0. The zero-order valence-corrected chi connectivity index (χ0v) is 19.6. The van der Waals surface area contributed by atoms with Crippen LogP contribution in [-0.2, 0) is 11.3 Å². The summed E-state index contributed by atoms with van der Waals surface area (Å²) in [7, 11) is 0. The van der Waals surface area contributed by atoms with Crippen molar-refractivity contribution in [3.05, 3.63) is 116 Å². The summed E-state index contributed by atoms with van der Waals surface area (Å²) in [6, 6.07) is 20.5. The molecule has 0 aliphatic carbocycles. The van der Waals surface area contributed by atoms with Crippen molar-refractivity contribution < 1.29 is 9.18 Å². The number of carbonyl (C=O) groups excluding carboxylic acids is 1. The maximum absolute atomic E-state index is 14.0. The van der Waals surface area contributed by atoms with E-state index in [1.807, 2.05) is 48.2 Å². The first kappa shape index (κ1) is 21.6. The molecule has 0 spiro atoms. The molecule has 3 aromatic carbocycles. The zero-order chi connectivity index (χ0) is 24.3. The number of pyridine rings is 1. The van der Waals surface area contributed by atoms with Crippen LogP contribution in [0.3, 0.4) is 0 Å². The molecule has 1 atom stereocenters. The van der Waals surface area contributed by atoms with Crippen LogP contribution in [0.5, 0.6) is 0 Å². The molecule has 0 radical (unpaired) electrons. The van der Waals surface area contributed by atoms with Crippen LogP contribution in [0, 0.1) is 5.82 Å². The first-order valence-corrected chi connectivity index (χ1v) is 11.8. The van der Waals surface area contributed by atoms with Crippen LogP contribution in [-0.4, -0.2) is 17.0 Å². The van der Waals surface area contributed by atoms with E-state index in [0.29, 0.717) is 45.9 Å². The van der Waals surface area contributed by atoms with Gasteiger partial charge in [-0.15, -0.1) is 0 Å². The lowest BCUT2D eigenvalue weighted by molar-refractivity contribution is -0.113. The van der Waals surface area contributed by atoms with E-state index >= 15 is 0 Å². The summed E-state index contributed by atoms with van der Waals surface area (Å²) in [5.41, 5.74) is 3.73. The van der Waals surface area contributed by atoms with Gasteiger partial charge in [0.1, 0.15) is 11.6 Å². The average Bonchev–Trinajstić information content (AvgIpc) is 3.30. The Morgan fingerprint density at radius 1 is 1.03 bits per heavy atom. The number of hydrogen-bond acceptors (Lipinski definition) is 3. The summed E-state index contributed by atoms with van der Waals surface area (Å²) in [4.78, 5) is 29.8. The van der Waals surface area contributed by atoms with E-state index in [1.54, 1.807) is 24.3 Å². The molecule has 3 heterocycles. The quantitative estimate of drug-likeness (QED) is 0.406. The minimum absolute atomic E-state index is 0.174. The fourth-order valence-corrected chi connectivity index (χ4v) is 5.52. The molecule has 1 amide bonds. The predicted octanol–water partition coefficient (Wildman–Crippen LogP) is 5.67. The van der Waals surface area contributed by atoms with E-state index in [1.165, 1.54) is 12.1 Å². The van der Waals surface area contributed by atoms with Gasteiger partial charge in [0.15, 0.2) is 5.43 Å². The number of para-hydroxylation sites is 1. The van der Waals surface area contributed by atoms with Crippen molar-refractivity contribution in [2.45, 2.75) is 19.4 Å². The summed E-state index contributed by atoms with van der Waals surface area (Å²) in [6.45, 7) is 3.21. The second kappa shape index (κ2) is 8.10. The maximum Gasteiger partial charge on any atom is 0.254 e. The lowest BCUT2D eigenvalue weighted by Gasteiger charge is -2.35. The fourth-order valence-electron chi connectivity index (χ4n) is 5.34. The Morgan fingerprint density at radius 2 is 1.77 bits per heavy atom. The van der Waals surface area contributed by atoms with Crippen molar-refractivity contribution in [1.29, 1.82) is 0 Å². The van der Waals surface area contributed by atoms with Crippen LogP contribution in [0.2, 0.25) is 5.02 Å². The minimum atomic E-state index is -0.661. The number of halogens is 2. The van der Waals surface area contributed by atoms with Crippen LogP contribution >= 0.6 is 11.6 Å². The molecule has 0 saturated carbocycles. The van der Waals surface area contributed by atoms with E-state index in [2.05, 4.69) is 9.88 Å². The Hall–Kier alpha value is -3.90. The standard InChI is InChI=1S/C28H21ClFN3O2/c1-16-23(27(35)31-20-5-3-2-4-6-20)24(17-7-10-19(30)11-8-17)25-26(34)21-15-18(29)9-12-22(21)33-14-13-32(16)28(25)33/h2-12,15,24H,13-14H2,1H3,(H,31,35). The summed E-state index contributed by atoms with van der Waals surface area (Å²) in [5.74, 6) is -0.550. The van der Waals surface area contributed by atoms with Crippen molar-refractivity contribution in [3.8, 4) is 0 Å². The Morgan fingerprint density at radius 3 is 2.51 bits per heavy atom. The van der Waals surface area contributed by atoms with Crippen molar-refractivity contribution >= 4 is 39.9 Å². The first-order chi connectivity index (χ1) is 16.9.